The highest BCUT2D eigenvalue weighted by Gasteiger charge is 2.19. The van der Waals surface area contributed by atoms with E-state index < -0.39 is 11.9 Å². The molecule has 3 aromatic heterocycles. The summed E-state index contributed by atoms with van der Waals surface area (Å²) in [7, 11) is 0. The molecule has 1 aliphatic carbocycles. The highest BCUT2D eigenvalue weighted by atomic mass is 32.1. The molecule has 0 bridgehead atoms. The molecule has 1 saturated carbocycles. The van der Waals surface area contributed by atoms with Crippen LogP contribution < -0.4 is 16.2 Å². The first-order valence-corrected chi connectivity index (χ1v) is 11.3. The van der Waals surface area contributed by atoms with Crippen LogP contribution in [-0.2, 0) is 11.3 Å². The zero-order valence-electron chi connectivity index (χ0n) is 16.1. The topological polar surface area (TPSA) is 93.1 Å². The number of nitrogens with zero attached hydrogens (tertiary/aromatic N) is 2. The van der Waals surface area contributed by atoms with E-state index in [0.29, 0.717) is 10.2 Å². The minimum absolute atomic E-state index is 0.111. The summed E-state index contributed by atoms with van der Waals surface area (Å²) in [6, 6.07) is 3.60. The van der Waals surface area contributed by atoms with Gasteiger partial charge in [-0.2, -0.15) is 0 Å². The molecule has 29 heavy (non-hydrogen) atoms. The second-order valence-corrected chi connectivity index (χ2v) is 9.42. The van der Waals surface area contributed by atoms with Gasteiger partial charge in [0.05, 0.1) is 11.7 Å². The van der Waals surface area contributed by atoms with E-state index in [1.807, 2.05) is 24.4 Å². The van der Waals surface area contributed by atoms with Crippen LogP contribution in [0.2, 0.25) is 0 Å². The van der Waals surface area contributed by atoms with Crippen LogP contribution in [-0.4, -0.2) is 27.5 Å². The molecule has 7 nitrogen and oxygen atoms in total. The lowest BCUT2D eigenvalue weighted by molar-refractivity contribution is -0.120. The second-order valence-electron chi connectivity index (χ2n) is 7.27. The fraction of sp³-hybridized carbons (Fsp3) is 0.400. The van der Waals surface area contributed by atoms with Crippen molar-refractivity contribution in [2.24, 2.45) is 0 Å². The smallest absolute Gasteiger partial charge is 0.321 e. The van der Waals surface area contributed by atoms with Crippen molar-refractivity contribution in [2.75, 3.05) is 0 Å². The maximum Gasteiger partial charge on any atom is 0.321 e. The third-order valence-electron chi connectivity index (χ3n) is 5.07. The van der Waals surface area contributed by atoms with Crippen LogP contribution in [0.1, 0.15) is 37.0 Å². The minimum atomic E-state index is -0.537. The Labute approximate surface area is 175 Å². The molecule has 1 fully saturated rings. The number of amides is 3. The molecule has 1 aliphatic rings. The fourth-order valence-corrected chi connectivity index (χ4v) is 5.49. The number of aryl methyl sites for hydroxylation is 1. The highest BCUT2D eigenvalue weighted by Crippen LogP contribution is 2.34. The van der Waals surface area contributed by atoms with Gasteiger partial charge in [-0.1, -0.05) is 19.3 Å². The Hall–Kier alpha value is -2.52. The van der Waals surface area contributed by atoms with Gasteiger partial charge in [-0.05, 0) is 31.9 Å². The molecule has 0 aliphatic heterocycles. The first-order valence-electron chi connectivity index (χ1n) is 9.65. The standard InChI is InChI=1S/C20H22N4O3S2/c1-12-7-8-15(29-12)14-10-28-18-17(14)19(26)24(11-21-18)9-16(25)23-20(27)22-13-5-3-2-4-6-13/h7-8,10-11,13H,2-6,9H2,1H3,(H2,22,23,25,27). The van der Waals surface area contributed by atoms with Crippen molar-refractivity contribution in [2.45, 2.75) is 51.6 Å². The van der Waals surface area contributed by atoms with E-state index in [9.17, 15) is 14.4 Å². The van der Waals surface area contributed by atoms with Gasteiger partial charge < -0.3 is 5.32 Å². The Kier molecular flexibility index (Phi) is 5.77. The first kappa shape index (κ1) is 19.8. The van der Waals surface area contributed by atoms with Crippen LogP contribution in [0.15, 0.2) is 28.6 Å². The molecule has 9 heteroatoms. The molecular weight excluding hydrogens is 408 g/mol. The Bertz CT molecular complexity index is 1110. The van der Waals surface area contributed by atoms with Crippen molar-refractivity contribution < 1.29 is 9.59 Å². The molecule has 0 saturated heterocycles. The third kappa shape index (κ3) is 4.40. The normalized spacial score (nSPS) is 14.8. The lowest BCUT2D eigenvalue weighted by atomic mass is 9.96. The van der Waals surface area contributed by atoms with Crippen LogP contribution in [0, 0.1) is 6.92 Å². The zero-order valence-corrected chi connectivity index (χ0v) is 17.7. The molecular formula is C20H22N4O3S2. The molecule has 4 rings (SSSR count). The quantitative estimate of drug-likeness (QED) is 0.661. The number of carbonyl (C=O) groups is 2. The predicted molar refractivity (Wildman–Crippen MR) is 115 cm³/mol. The van der Waals surface area contributed by atoms with E-state index in [4.69, 9.17) is 0 Å². The molecule has 3 heterocycles. The van der Waals surface area contributed by atoms with Gasteiger partial charge in [-0.25, -0.2) is 9.78 Å². The van der Waals surface area contributed by atoms with E-state index >= 15 is 0 Å². The number of thiophene rings is 2. The number of rotatable bonds is 4. The highest BCUT2D eigenvalue weighted by molar-refractivity contribution is 7.19. The summed E-state index contributed by atoms with van der Waals surface area (Å²) in [5, 5.41) is 7.60. The largest absolute Gasteiger partial charge is 0.335 e. The maximum absolute atomic E-state index is 13.0. The van der Waals surface area contributed by atoms with Crippen molar-refractivity contribution in [3.63, 3.8) is 0 Å². The molecule has 2 N–H and O–H groups in total. The van der Waals surface area contributed by atoms with Gasteiger partial charge in [0.2, 0.25) is 5.91 Å². The molecule has 0 radical (unpaired) electrons. The number of nitrogens with one attached hydrogen (secondary N) is 2. The minimum Gasteiger partial charge on any atom is -0.335 e. The van der Waals surface area contributed by atoms with E-state index in [1.54, 1.807) is 11.3 Å². The average Bonchev–Trinajstić information content (AvgIpc) is 3.31. The van der Waals surface area contributed by atoms with Crippen molar-refractivity contribution in [3.8, 4) is 10.4 Å². The van der Waals surface area contributed by atoms with E-state index in [0.717, 1.165) is 41.0 Å². The Morgan fingerprint density at radius 2 is 2.03 bits per heavy atom. The number of urea groups is 1. The molecule has 0 unspecified atom stereocenters. The summed E-state index contributed by atoms with van der Waals surface area (Å²) in [4.78, 5) is 44.5. The van der Waals surface area contributed by atoms with E-state index in [1.165, 1.54) is 28.7 Å². The molecule has 0 atom stereocenters. The Balaban J connectivity index is 1.49. The maximum atomic E-state index is 13.0. The summed E-state index contributed by atoms with van der Waals surface area (Å²) >= 11 is 3.02. The van der Waals surface area contributed by atoms with Crippen LogP contribution in [0.3, 0.4) is 0 Å². The predicted octanol–water partition coefficient (Wildman–Crippen LogP) is 3.65. The van der Waals surface area contributed by atoms with Gasteiger partial charge in [0.15, 0.2) is 0 Å². The van der Waals surface area contributed by atoms with Crippen LogP contribution in [0.25, 0.3) is 20.7 Å². The third-order valence-corrected chi connectivity index (χ3v) is 6.99. The van der Waals surface area contributed by atoms with Crippen molar-refractivity contribution >= 4 is 44.8 Å². The summed E-state index contributed by atoms with van der Waals surface area (Å²) in [5.74, 6) is -0.537. The zero-order chi connectivity index (χ0) is 20.4. The lowest BCUT2D eigenvalue weighted by Crippen LogP contribution is -2.46. The molecule has 152 valence electrons. The van der Waals surface area contributed by atoms with Gasteiger partial charge in [0.1, 0.15) is 11.4 Å². The van der Waals surface area contributed by atoms with Crippen LogP contribution in [0.5, 0.6) is 0 Å². The first-order chi connectivity index (χ1) is 14.0. The van der Waals surface area contributed by atoms with Crippen LogP contribution in [0.4, 0.5) is 4.79 Å². The number of fused-ring (bicyclic) bond motifs is 1. The van der Waals surface area contributed by atoms with E-state index in [2.05, 4.69) is 15.6 Å². The lowest BCUT2D eigenvalue weighted by Gasteiger charge is -2.22. The van der Waals surface area contributed by atoms with Crippen molar-refractivity contribution in [1.82, 2.24) is 20.2 Å². The van der Waals surface area contributed by atoms with Gasteiger partial charge in [0, 0.05) is 26.7 Å². The number of aromatic nitrogens is 2. The SMILES string of the molecule is Cc1ccc(-c2csc3ncn(CC(=O)NC(=O)NC4CCCCC4)c(=O)c23)s1. The van der Waals surface area contributed by atoms with Crippen LogP contribution >= 0.6 is 22.7 Å². The van der Waals surface area contributed by atoms with Crippen molar-refractivity contribution in [3.05, 3.63) is 39.1 Å². The monoisotopic (exact) mass is 430 g/mol. The number of hydrogen-bond donors (Lipinski definition) is 2. The average molecular weight is 431 g/mol. The van der Waals surface area contributed by atoms with E-state index in [-0.39, 0.29) is 18.1 Å². The Morgan fingerprint density at radius 1 is 1.24 bits per heavy atom. The number of imide groups is 1. The molecule has 3 amide bonds. The Morgan fingerprint density at radius 3 is 2.76 bits per heavy atom. The van der Waals surface area contributed by atoms with Gasteiger partial charge >= 0.3 is 6.03 Å². The second kappa shape index (κ2) is 8.46. The summed E-state index contributed by atoms with van der Waals surface area (Å²) in [5.41, 5.74) is 0.561. The number of hydrogen-bond acceptors (Lipinski definition) is 6. The molecule has 0 spiro atoms. The summed E-state index contributed by atoms with van der Waals surface area (Å²) in [6.07, 6.45) is 6.60. The van der Waals surface area contributed by atoms with Crippen molar-refractivity contribution in [1.29, 1.82) is 0 Å². The fourth-order valence-electron chi connectivity index (χ4n) is 3.63. The summed E-state index contributed by atoms with van der Waals surface area (Å²) in [6.45, 7) is 1.76. The van der Waals surface area contributed by atoms with Gasteiger partial charge in [0.25, 0.3) is 5.56 Å². The van der Waals surface area contributed by atoms with Gasteiger partial charge in [-0.3, -0.25) is 19.5 Å². The molecule has 0 aromatic carbocycles. The number of carbonyl (C=O) groups excluding carboxylic acids is 2. The summed E-state index contributed by atoms with van der Waals surface area (Å²) < 4.78 is 1.25. The molecule has 3 aromatic rings. The van der Waals surface area contributed by atoms with Gasteiger partial charge in [-0.15, -0.1) is 22.7 Å².